The van der Waals surface area contributed by atoms with Gasteiger partial charge in [0.1, 0.15) is 5.82 Å². The Morgan fingerprint density at radius 2 is 1.69 bits per heavy atom. The number of halogens is 4. The molecular formula is C9H9F4N3. The molecule has 2 rings (SSSR count). The molecule has 2 N–H and O–H groups in total. The average Bonchev–Trinajstić information content (AvgIpc) is 2.37. The van der Waals surface area contributed by atoms with Crippen LogP contribution in [0.4, 0.5) is 29.1 Å². The van der Waals surface area contributed by atoms with Gasteiger partial charge >= 0.3 is 11.8 Å². The smallest absolute Gasteiger partial charge is 0.329 e. The highest BCUT2D eigenvalue weighted by molar-refractivity contribution is 5.47. The zero-order valence-electron chi connectivity index (χ0n) is 8.13. The number of rotatable bonds is 1. The van der Waals surface area contributed by atoms with E-state index >= 15 is 0 Å². The van der Waals surface area contributed by atoms with E-state index in [0.717, 1.165) is 4.90 Å². The number of alkyl halides is 4. The zero-order valence-corrected chi connectivity index (χ0v) is 8.13. The molecule has 0 radical (unpaired) electrons. The van der Waals surface area contributed by atoms with E-state index in [4.69, 9.17) is 5.73 Å². The Hall–Kier alpha value is -1.53. The Kier molecular flexibility index (Phi) is 2.21. The van der Waals surface area contributed by atoms with Crippen LogP contribution in [0.15, 0.2) is 18.3 Å². The number of hydrogen-bond acceptors (Lipinski definition) is 3. The molecule has 3 nitrogen and oxygen atoms in total. The van der Waals surface area contributed by atoms with Crippen molar-refractivity contribution in [1.29, 1.82) is 0 Å². The molecule has 0 unspecified atom stereocenters. The van der Waals surface area contributed by atoms with E-state index in [1.54, 1.807) is 0 Å². The molecule has 0 saturated carbocycles. The number of nitrogens with zero attached hydrogens (tertiary/aromatic N) is 2. The Morgan fingerprint density at radius 3 is 2.12 bits per heavy atom. The van der Waals surface area contributed by atoms with E-state index < -0.39 is 24.9 Å². The molecule has 1 saturated heterocycles. The van der Waals surface area contributed by atoms with Gasteiger partial charge in [0.25, 0.3) is 0 Å². The van der Waals surface area contributed by atoms with E-state index in [9.17, 15) is 17.6 Å². The third kappa shape index (κ3) is 1.66. The highest BCUT2D eigenvalue weighted by Gasteiger charge is 2.63. The lowest BCUT2D eigenvalue weighted by molar-refractivity contribution is -0.172. The summed E-state index contributed by atoms with van der Waals surface area (Å²) in [6.07, 6.45) is 1.24. The lowest BCUT2D eigenvalue weighted by Gasteiger charge is -2.15. The Balaban J connectivity index is 2.23. The van der Waals surface area contributed by atoms with Crippen LogP contribution < -0.4 is 10.6 Å². The van der Waals surface area contributed by atoms with Crippen molar-refractivity contribution >= 4 is 11.5 Å². The van der Waals surface area contributed by atoms with Crippen molar-refractivity contribution in [3.63, 3.8) is 0 Å². The summed E-state index contributed by atoms with van der Waals surface area (Å²) < 4.78 is 51.6. The van der Waals surface area contributed by atoms with Crippen LogP contribution in [0, 0.1) is 0 Å². The van der Waals surface area contributed by atoms with Crippen molar-refractivity contribution in [1.82, 2.24) is 4.98 Å². The monoisotopic (exact) mass is 235 g/mol. The first-order chi connectivity index (χ1) is 7.32. The lowest BCUT2D eigenvalue weighted by Crippen LogP contribution is -2.38. The summed E-state index contributed by atoms with van der Waals surface area (Å²) in [4.78, 5) is 4.57. The molecule has 0 amide bonds. The maximum atomic E-state index is 12.9. The molecule has 1 fully saturated rings. The molecular weight excluding hydrogens is 226 g/mol. The van der Waals surface area contributed by atoms with Crippen LogP contribution in [0.25, 0.3) is 0 Å². The van der Waals surface area contributed by atoms with Gasteiger partial charge in [-0.05, 0) is 12.1 Å². The highest BCUT2D eigenvalue weighted by atomic mass is 19.3. The summed E-state index contributed by atoms with van der Waals surface area (Å²) >= 11 is 0. The minimum atomic E-state index is -4.02. The van der Waals surface area contributed by atoms with Crippen LogP contribution >= 0.6 is 0 Å². The van der Waals surface area contributed by atoms with Gasteiger partial charge in [-0.25, -0.2) is 4.98 Å². The third-order valence-corrected chi connectivity index (χ3v) is 2.41. The molecule has 1 aliphatic rings. The predicted octanol–water partition coefficient (Wildman–Crippen LogP) is 1.75. The van der Waals surface area contributed by atoms with Gasteiger partial charge in [0.2, 0.25) is 0 Å². The van der Waals surface area contributed by atoms with Crippen molar-refractivity contribution < 1.29 is 17.6 Å². The fraction of sp³-hybridized carbons (Fsp3) is 0.444. The standard InChI is InChI=1S/C9H9F4N3/c10-8(11)4-16(5-9(8,12)13)7-2-1-6(14)3-15-7/h1-3H,4-5,14H2. The first-order valence-electron chi connectivity index (χ1n) is 4.54. The zero-order chi connectivity index (χ0) is 12.0. The van der Waals surface area contributed by atoms with Gasteiger partial charge in [0.05, 0.1) is 25.0 Å². The summed E-state index contributed by atoms with van der Waals surface area (Å²) in [7, 11) is 0. The summed E-state index contributed by atoms with van der Waals surface area (Å²) in [5.74, 6) is -7.96. The van der Waals surface area contributed by atoms with Gasteiger partial charge < -0.3 is 10.6 Å². The first-order valence-corrected chi connectivity index (χ1v) is 4.54. The molecule has 1 aliphatic heterocycles. The number of nitrogens with two attached hydrogens (primary N) is 1. The van der Waals surface area contributed by atoms with Gasteiger partial charge in [-0.2, -0.15) is 17.6 Å². The lowest BCUT2D eigenvalue weighted by atomic mass is 10.2. The summed E-state index contributed by atoms with van der Waals surface area (Å²) in [6, 6.07) is 2.77. The molecule has 88 valence electrons. The Morgan fingerprint density at radius 1 is 1.12 bits per heavy atom. The van der Waals surface area contributed by atoms with Crippen molar-refractivity contribution in [2.45, 2.75) is 11.8 Å². The van der Waals surface area contributed by atoms with E-state index in [-0.39, 0.29) is 5.82 Å². The fourth-order valence-corrected chi connectivity index (χ4v) is 1.51. The van der Waals surface area contributed by atoms with Crippen LogP contribution in [0.3, 0.4) is 0 Å². The normalized spacial score (nSPS) is 22.4. The van der Waals surface area contributed by atoms with Crippen molar-refractivity contribution in [2.75, 3.05) is 23.7 Å². The van der Waals surface area contributed by atoms with E-state index in [0.29, 0.717) is 5.69 Å². The molecule has 0 aliphatic carbocycles. The molecule has 0 aromatic carbocycles. The maximum absolute atomic E-state index is 12.9. The van der Waals surface area contributed by atoms with Crippen LogP contribution in [0.1, 0.15) is 0 Å². The number of aromatic nitrogens is 1. The Labute approximate surface area is 88.9 Å². The van der Waals surface area contributed by atoms with Gasteiger partial charge in [-0.1, -0.05) is 0 Å². The number of nitrogen functional groups attached to an aromatic ring is 1. The first kappa shape index (κ1) is 11.0. The van der Waals surface area contributed by atoms with Gasteiger partial charge in [0, 0.05) is 0 Å². The molecule has 7 heteroatoms. The summed E-state index contributed by atoms with van der Waals surface area (Å²) in [5.41, 5.74) is 5.70. The minimum absolute atomic E-state index is 0.0750. The number of anilines is 2. The molecule has 2 heterocycles. The van der Waals surface area contributed by atoms with Crippen LogP contribution in [-0.2, 0) is 0 Å². The highest BCUT2D eigenvalue weighted by Crippen LogP contribution is 2.42. The summed E-state index contributed by atoms with van der Waals surface area (Å²) in [5, 5.41) is 0. The van der Waals surface area contributed by atoms with E-state index in [1.165, 1.54) is 18.3 Å². The number of hydrogen-bond donors (Lipinski definition) is 1. The van der Waals surface area contributed by atoms with Crippen molar-refractivity contribution in [2.24, 2.45) is 0 Å². The molecule has 1 aromatic heterocycles. The molecule has 0 bridgehead atoms. The van der Waals surface area contributed by atoms with Gasteiger partial charge in [-0.3, -0.25) is 0 Å². The van der Waals surface area contributed by atoms with Crippen molar-refractivity contribution in [3.05, 3.63) is 18.3 Å². The largest absolute Gasteiger partial charge is 0.397 e. The second-order valence-electron chi connectivity index (χ2n) is 3.71. The van der Waals surface area contributed by atoms with Crippen molar-refractivity contribution in [3.8, 4) is 0 Å². The fourth-order valence-electron chi connectivity index (χ4n) is 1.51. The SMILES string of the molecule is Nc1ccc(N2CC(F)(F)C(F)(F)C2)nc1. The number of pyridine rings is 1. The van der Waals surface area contributed by atoms with Gasteiger partial charge in [0.15, 0.2) is 0 Å². The van der Waals surface area contributed by atoms with Crippen LogP contribution in [0.2, 0.25) is 0 Å². The predicted molar refractivity (Wildman–Crippen MR) is 50.8 cm³/mol. The topological polar surface area (TPSA) is 42.1 Å². The van der Waals surface area contributed by atoms with Crippen LogP contribution in [0.5, 0.6) is 0 Å². The molecule has 1 aromatic rings. The minimum Gasteiger partial charge on any atom is -0.397 e. The molecule has 16 heavy (non-hydrogen) atoms. The average molecular weight is 235 g/mol. The third-order valence-electron chi connectivity index (χ3n) is 2.41. The van der Waals surface area contributed by atoms with E-state index in [1.807, 2.05) is 0 Å². The van der Waals surface area contributed by atoms with Crippen LogP contribution in [-0.4, -0.2) is 29.9 Å². The quantitative estimate of drug-likeness (QED) is 0.754. The molecule has 0 atom stereocenters. The van der Waals surface area contributed by atoms with Gasteiger partial charge in [-0.15, -0.1) is 0 Å². The second-order valence-corrected chi connectivity index (χ2v) is 3.71. The second kappa shape index (κ2) is 3.23. The summed E-state index contributed by atoms with van der Waals surface area (Å²) in [6.45, 7) is -2.06. The molecule has 0 spiro atoms. The van der Waals surface area contributed by atoms with E-state index in [2.05, 4.69) is 4.98 Å². The maximum Gasteiger partial charge on any atom is 0.329 e. The Bertz CT molecular complexity index is 374.